The van der Waals surface area contributed by atoms with Crippen molar-refractivity contribution >= 4 is 16.9 Å². The molecule has 0 spiro atoms. The number of nitrogens with zero attached hydrogens (tertiary/aromatic N) is 4. The Morgan fingerprint density at radius 1 is 1.10 bits per heavy atom. The van der Waals surface area contributed by atoms with E-state index in [4.69, 9.17) is 10.7 Å². The van der Waals surface area contributed by atoms with Gasteiger partial charge in [0.15, 0.2) is 0 Å². The molecule has 0 saturated heterocycles. The predicted octanol–water partition coefficient (Wildman–Crippen LogP) is 2.33. The molecule has 0 aliphatic carbocycles. The highest BCUT2D eigenvalue weighted by Crippen LogP contribution is 2.29. The van der Waals surface area contributed by atoms with E-state index >= 15 is 0 Å². The summed E-state index contributed by atoms with van der Waals surface area (Å²) in [5.74, 6) is 1.32. The molecule has 5 heteroatoms. The van der Waals surface area contributed by atoms with Crippen molar-refractivity contribution < 1.29 is 0 Å². The third-order valence-electron chi connectivity index (χ3n) is 3.85. The van der Waals surface area contributed by atoms with Crippen LogP contribution in [0.5, 0.6) is 0 Å². The van der Waals surface area contributed by atoms with E-state index in [-0.39, 0.29) is 6.04 Å². The molecule has 4 rings (SSSR count). The van der Waals surface area contributed by atoms with Crippen LogP contribution in [0.1, 0.15) is 30.4 Å². The molecule has 0 bridgehead atoms. The lowest BCUT2D eigenvalue weighted by molar-refractivity contribution is 0.406. The minimum atomic E-state index is 0.146. The SMILES string of the molecule is Nc1nc2n(n1)C(c1ccc3ccccc3n1)CCC2. The summed E-state index contributed by atoms with van der Waals surface area (Å²) in [6.07, 6.45) is 3.06. The maximum absolute atomic E-state index is 5.73. The predicted molar refractivity (Wildman–Crippen MR) is 77.3 cm³/mol. The second kappa shape index (κ2) is 4.30. The molecule has 0 fully saturated rings. The molecule has 0 amide bonds. The van der Waals surface area contributed by atoms with Gasteiger partial charge in [-0.3, -0.25) is 4.98 Å². The number of para-hydroxylation sites is 1. The molecule has 1 aromatic carbocycles. The van der Waals surface area contributed by atoms with Gasteiger partial charge in [-0.05, 0) is 25.0 Å². The molecule has 2 N–H and O–H groups in total. The highest BCUT2D eigenvalue weighted by atomic mass is 15.4. The number of nitrogen functional groups attached to an aromatic ring is 1. The highest BCUT2D eigenvalue weighted by molar-refractivity contribution is 5.78. The molecular formula is C15H15N5. The number of hydrogen-bond donors (Lipinski definition) is 1. The number of anilines is 1. The van der Waals surface area contributed by atoms with Crippen LogP contribution < -0.4 is 5.73 Å². The van der Waals surface area contributed by atoms with E-state index in [1.54, 1.807) is 0 Å². The fourth-order valence-electron chi connectivity index (χ4n) is 2.91. The van der Waals surface area contributed by atoms with E-state index in [0.29, 0.717) is 5.95 Å². The van der Waals surface area contributed by atoms with Gasteiger partial charge in [-0.25, -0.2) is 4.68 Å². The first-order valence-corrected chi connectivity index (χ1v) is 6.88. The fraction of sp³-hybridized carbons (Fsp3) is 0.267. The van der Waals surface area contributed by atoms with E-state index in [1.807, 2.05) is 22.9 Å². The molecule has 1 aliphatic heterocycles. The summed E-state index contributed by atoms with van der Waals surface area (Å²) in [7, 11) is 0. The van der Waals surface area contributed by atoms with Crippen LogP contribution in [0.4, 0.5) is 5.95 Å². The largest absolute Gasteiger partial charge is 0.366 e. The lowest BCUT2D eigenvalue weighted by Crippen LogP contribution is -2.21. The number of aromatic nitrogens is 4. The topological polar surface area (TPSA) is 69.6 Å². The summed E-state index contributed by atoms with van der Waals surface area (Å²) >= 11 is 0. The molecule has 3 aromatic rings. The van der Waals surface area contributed by atoms with Crippen molar-refractivity contribution in [2.75, 3.05) is 5.73 Å². The third kappa shape index (κ3) is 1.74. The number of aryl methyl sites for hydroxylation is 1. The Bertz CT molecular complexity index is 777. The maximum Gasteiger partial charge on any atom is 0.239 e. The monoisotopic (exact) mass is 265 g/mol. The first-order valence-electron chi connectivity index (χ1n) is 6.88. The van der Waals surface area contributed by atoms with Gasteiger partial charge in [0.1, 0.15) is 5.82 Å². The van der Waals surface area contributed by atoms with E-state index in [1.165, 1.54) is 0 Å². The van der Waals surface area contributed by atoms with Gasteiger partial charge < -0.3 is 5.73 Å². The lowest BCUT2D eigenvalue weighted by Gasteiger charge is -2.23. The van der Waals surface area contributed by atoms with E-state index in [0.717, 1.165) is 41.7 Å². The summed E-state index contributed by atoms with van der Waals surface area (Å²) in [6.45, 7) is 0. The van der Waals surface area contributed by atoms with Crippen molar-refractivity contribution in [1.29, 1.82) is 0 Å². The first kappa shape index (κ1) is 11.4. The number of rotatable bonds is 1. The zero-order valence-electron chi connectivity index (χ0n) is 11.0. The maximum atomic E-state index is 5.73. The summed E-state index contributed by atoms with van der Waals surface area (Å²) in [5.41, 5.74) is 7.78. The fourth-order valence-corrected chi connectivity index (χ4v) is 2.91. The van der Waals surface area contributed by atoms with Crippen molar-refractivity contribution in [3.8, 4) is 0 Å². The number of hydrogen-bond acceptors (Lipinski definition) is 4. The quantitative estimate of drug-likeness (QED) is 0.733. The van der Waals surface area contributed by atoms with Crippen LogP contribution >= 0.6 is 0 Å². The zero-order valence-corrected chi connectivity index (χ0v) is 11.0. The molecule has 3 heterocycles. The summed E-state index contributed by atoms with van der Waals surface area (Å²) < 4.78 is 1.94. The van der Waals surface area contributed by atoms with Crippen LogP contribution in [0.15, 0.2) is 36.4 Å². The van der Waals surface area contributed by atoms with Crippen LogP contribution in [-0.4, -0.2) is 19.7 Å². The summed E-state index contributed by atoms with van der Waals surface area (Å²) in [4.78, 5) is 9.07. The van der Waals surface area contributed by atoms with Gasteiger partial charge in [0, 0.05) is 11.8 Å². The van der Waals surface area contributed by atoms with Gasteiger partial charge in [-0.1, -0.05) is 24.3 Å². The zero-order chi connectivity index (χ0) is 13.5. The molecule has 0 saturated carbocycles. The molecule has 1 aliphatic rings. The standard InChI is InChI=1S/C15H15N5/c16-15-18-14-7-3-6-13(20(14)19-15)12-9-8-10-4-1-2-5-11(10)17-12/h1-2,4-5,8-9,13H,3,6-7H2,(H2,16,19). The average molecular weight is 265 g/mol. The second-order valence-corrected chi connectivity index (χ2v) is 5.17. The van der Waals surface area contributed by atoms with E-state index < -0.39 is 0 Å². The van der Waals surface area contributed by atoms with Crippen molar-refractivity contribution in [2.45, 2.75) is 25.3 Å². The van der Waals surface area contributed by atoms with Crippen LogP contribution in [0.3, 0.4) is 0 Å². The Morgan fingerprint density at radius 2 is 2.00 bits per heavy atom. The van der Waals surface area contributed by atoms with Crippen molar-refractivity contribution in [2.24, 2.45) is 0 Å². The van der Waals surface area contributed by atoms with Gasteiger partial charge >= 0.3 is 0 Å². The van der Waals surface area contributed by atoms with Crippen molar-refractivity contribution in [3.05, 3.63) is 47.9 Å². The molecule has 2 aromatic heterocycles. The van der Waals surface area contributed by atoms with Gasteiger partial charge in [0.2, 0.25) is 5.95 Å². The number of fused-ring (bicyclic) bond motifs is 2. The lowest BCUT2D eigenvalue weighted by atomic mass is 10.0. The van der Waals surface area contributed by atoms with E-state index in [2.05, 4.69) is 28.3 Å². The minimum absolute atomic E-state index is 0.146. The van der Waals surface area contributed by atoms with Gasteiger partial charge in [-0.15, -0.1) is 5.10 Å². The van der Waals surface area contributed by atoms with E-state index in [9.17, 15) is 0 Å². The van der Waals surface area contributed by atoms with Crippen molar-refractivity contribution in [1.82, 2.24) is 19.7 Å². The van der Waals surface area contributed by atoms with Gasteiger partial charge in [-0.2, -0.15) is 4.98 Å². The highest BCUT2D eigenvalue weighted by Gasteiger charge is 2.25. The molecule has 1 unspecified atom stereocenters. The minimum Gasteiger partial charge on any atom is -0.366 e. The van der Waals surface area contributed by atoms with Crippen LogP contribution in [-0.2, 0) is 6.42 Å². The number of pyridine rings is 1. The van der Waals surface area contributed by atoms with Crippen LogP contribution in [0.2, 0.25) is 0 Å². The third-order valence-corrected chi connectivity index (χ3v) is 3.85. The Balaban J connectivity index is 1.83. The molecule has 100 valence electrons. The normalized spacial score (nSPS) is 18.1. The molecule has 0 radical (unpaired) electrons. The van der Waals surface area contributed by atoms with Crippen molar-refractivity contribution in [3.63, 3.8) is 0 Å². The number of nitrogens with two attached hydrogens (primary N) is 1. The van der Waals surface area contributed by atoms with Gasteiger partial charge in [0.25, 0.3) is 0 Å². The van der Waals surface area contributed by atoms with Crippen LogP contribution in [0, 0.1) is 0 Å². The first-order chi connectivity index (χ1) is 9.81. The van der Waals surface area contributed by atoms with Gasteiger partial charge in [0.05, 0.1) is 17.3 Å². The smallest absolute Gasteiger partial charge is 0.239 e. The summed E-state index contributed by atoms with van der Waals surface area (Å²) in [6, 6.07) is 12.5. The summed E-state index contributed by atoms with van der Waals surface area (Å²) in [5, 5.41) is 5.49. The Kier molecular flexibility index (Phi) is 2.45. The Labute approximate surface area is 116 Å². The molecule has 1 atom stereocenters. The molecular weight excluding hydrogens is 250 g/mol. The Morgan fingerprint density at radius 3 is 2.95 bits per heavy atom. The second-order valence-electron chi connectivity index (χ2n) is 5.17. The number of benzene rings is 1. The Hall–Kier alpha value is -2.43. The molecule has 5 nitrogen and oxygen atoms in total. The molecule has 20 heavy (non-hydrogen) atoms. The van der Waals surface area contributed by atoms with Crippen LogP contribution in [0.25, 0.3) is 10.9 Å². The average Bonchev–Trinajstić information content (AvgIpc) is 2.86.